The third-order valence-electron chi connectivity index (χ3n) is 2.52. The molecule has 5 heteroatoms. The van der Waals surface area contributed by atoms with Gasteiger partial charge in [0.2, 0.25) is 5.75 Å². The Morgan fingerprint density at radius 1 is 1.21 bits per heavy atom. The highest BCUT2D eigenvalue weighted by Crippen LogP contribution is 2.38. The number of hydrogen-bond donors (Lipinski definition) is 1. The highest BCUT2D eigenvalue weighted by atomic mass is 16.5. The van der Waals surface area contributed by atoms with Gasteiger partial charge < -0.3 is 19.5 Å². The third kappa shape index (κ3) is 3.32. The minimum Gasteiger partial charge on any atom is -0.493 e. The first-order chi connectivity index (χ1) is 9.07. The minimum atomic E-state index is -0.355. The maximum Gasteiger partial charge on any atom is 0.252 e. The van der Waals surface area contributed by atoms with Crippen molar-refractivity contribution in [1.29, 1.82) is 0 Å². The molecule has 0 aliphatic carbocycles. The Balaban J connectivity index is 3.16. The minimum absolute atomic E-state index is 0.301. The van der Waals surface area contributed by atoms with Gasteiger partial charge in [-0.1, -0.05) is 5.92 Å². The average molecular weight is 263 g/mol. The Labute approximate surface area is 112 Å². The first-order valence-corrected chi connectivity index (χ1v) is 5.64. The number of amides is 1. The van der Waals surface area contributed by atoms with Crippen LogP contribution >= 0.6 is 0 Å². The van der Waals surface area contributed by atoms with Crippen molar-refractivity contribution < 1.29 is 19.0 Å². The van der Waals surface area contributed by atoms with E-state index >= 15 is 0 Å². The molecular weight excluding hydrogens is 246 g/mol. The lowest BCUT2D eigenvalue weighted by Gasteiger charge is -2.14. The Morgan fingerprint density at radius 2 is 1.74 bits per heavy atom. The van der Waals surface area contributed by atoms with Gasteiger partial charge in [-0.05, 0) is 19.1 Å². The molecule has 102 valence electrons. The largest absolute Gasteiger partial charge is 0.493 e. The lowest BCUT2D eigenvalue weighted by atomic mass is 10.1. The van der Waals surface area contributed by atoms with E-state index in [9.17, 15) is 4.79 Å². The van der Waals surface area contributed by atoms with E-state index < -0.39 is 0 Å². The molecule has 0 spiro atoms. The highest BCUT2D eigenvalue weighted by Gasteiger charge is 2.17. The van der Waals surface area contributed by atoms with Crippen molar-refractivity contribution in [2.45, 2.75) is 13.0 Å². The fourth-order valence-corrected chi connectivity index (χ4v) is 1.53. The molecular formula is C14H17NO4. The summed E-state index contributed by atoms with van der Waals surface area (Å²) in [5.41, 5.74) is 0.386. The maximum absolute atomic E-state index is 12.0. The number of nitrogens with one attached hydrogen (secondary N) is 1. The van der Waals surface area contributed by atoms with Gasteiger partial charge in [0, 0.05) is 5.56 Å². The smallest absolute Gasteiger partial charge is 0.252 e. The van der Waals surface area contributed by atoms with Crippen LogP contribution in [0.3, 0.4) is 0 Å². The summed E-state index contributed by atoms with van der Waals surface area (Å²) in [5.74, 6) is 3.40. The summed E-state index contributed by atoms with van der Waals surface area (Å²) in [6, 6.07) is 2.78. The lowest BCUT2D eigenvalue weighted by Crippen LogP contribution is -2.31. The van der Waals surface area contributed by atoms with Gasteiger partial charge in [-0.2, -0.15) is 0 Å². The highest BCUT2D eigenvalue weighted by molar-refractivity contribution is 5.96. The van der Waals surface area contributed by atoms with E-state index in [1.807, 2.05) is 0 Å². The molecule has 1 atom stereocenters. The van der Waals surface area contributed by atoms with Crippen LogP contribution in [0.2, 0.25) is 0 Å². The summed E-state index contributed by atoms with van der Waals surface area (Å²) in [5, 5.41) is 2.66. The molecule has 19 heavy (non-hydrogen) atoms. The van der Waals surface area contributed by atoms with Crippen LogP contribution in [0.4, 0.5) is 0 Å². The fraction of sp³-hybridized carbons (Fsp3) is 0.357. The second-order valence-corrected chi connectivity index (χ2v) is 3.78. The Hall–Kier alpha value is -2.35. The number of benzene rings is 1. The zero-order chi connectivity index (χ0) is 14.4. The second kappa shape index (κ2) is 6.55. The summed E-state index contributed by atoms with van der Waals surface area (Å²) in [7, 11) is 4.48. The summed E-state index contributed by atoms with van der Waals surface area (Å²) < 4.78 is 15.5. The average Bonchev–Trinajstić information content (AvgIpc) is 2.44. The van der Waals surface area contributed by atoms with Crippen molar-refractivity contribution in [3.05, 3.63) is 17.7 Å². The van der Waals surface area contributed by atoms with Crippen LogP contribution in [0.25, 0.3) is 0 Å². The third-order valence-corrected chi connectivity index (χ3v) is 2.52. The lowest BCUT2D eigenvalue weighted by molar-refractivity contribution is 0.0947. The molecule has 1 N–H and O–H groups in total. The van der Waals surface area contributed by atoms with Crippen molar-refractivity contribution in [1.82, 2.24) is 5.32 Å². The molecule has 0 fully saturated rings. The SMILES string of the molecule is C#CC(C)NC(=O)c1cc(OC)c(OC)c(OC)c1. The topological polar surface area (TPSA) is 56.8 Å². The van der Waals surface area contributed by atoms with E-state index in [-0.39, 0.29) is 11.9 Å². The molecule has 5 nitrogen and oxygen atoms in total. The monoisotopic (exact) mass is 263 g/mol. The molecule has 1 aromatic rings. The number of terminal acetylenes is 1. The van der Waals surface area contributed by atoms with Gasteiger partial charge in [-0.25, -0.2) is 0 Å². The van der Waals surface area contributed by atoms with E-state index in [1.54, 1.807) is 19.1 Å². The molecule has 0 saturated heterocycles. The predicted molar refractivity (Wildman–Crippen MR) is 71.9 cm³/mol. The van der Waals surface area contributed by atoms with Crippen LogP contribution < -0.4 is 19.5 Å². The van der Waals surface area contributed by atoms with E-state index in [4.69, 9.17) is 20.6 Å². The van der Waals surface area contributed by atoms with Crippen molar-refractivity contribution in [3.8, 4) is 29.6 Å². The molecule has 1 unspecified atom stereocenters. The van der Waals surface area contributed by atoms with Crippen molar-refractivity contribution >= 4 is 5.91 Å². The van der Waals surface area contributed by atoms with Crippen LogP contribution in [0.1, 0.15) is 17.3 Å². The number of ether oxygens (including phenoxy) is 3. The maximum atomic E-state index is 12.0. The van der Waals surface area contributed by atoms with Crippen LogP contribution in [0.5, 0.6) is 17.2 Å². The zero-order valence-electron chi connectivity index (χ0n) is 11.4. The van der Waals surface area contributed by atoms with Crippen LogP contribution in [-0.2, 0) is 0 Å². The molecule has 0 aromatic heterocycles. The Kier molecular flexibility index (Phi) is 5.07. The second-order valence-electron chi connectivity index (χ2n) is 3.78. The molecule has 0 aliphatic rings. The molecule has 0 aliphatic heterocycles. The summed E-state index contributed by atoms with van der Waals surface area (Å²) >= 11 is 0. The van der Waals surface area contributed by atoms with Crippen LogP contribution in [0.15, 0.2) is 12.1 Å². The standard InChI is InChI=1S/C14H17NO4/c1-6-9(2)15-14(16)10-7-11(17-3)13(19-5)12(8-10)18-4/h1,7-9H,2-5H3,(H,15,16). The van der Waals surface area contributed by atoms with Crippen LogP contribution in [-0.4, -0.2) is 33.3 Å². The molecule has 0 radical (unpaired) electrons. The number of rotatable bonds is 5. The molecule has 0 saturated carbocycles. The summed E-state index contributed by atoms with van der Waals surface area (Å²) in [6.07, 6.45) is 5.22. The number of carbonyl (C=O) groups is 1. The first-order valence-electron chi connectivity index (χ1n) is 5.64. The van der Waals surface area contributed by atoms with Gasteiger partial charge in [-0.3, -0.25) is 4.79 Å². The molecule has 1 aromatic carbocycles. The zero-order valence-corrected chi connectivity index (χ0v) is 11.4. The van der Waals surface area contributed by atoms with E-state index in [2.05, 4.69) is 11.2 Å². The molecule has 0 heterocycles. The van der Waals surface area contributed by atoms with E-state index in [0.717, 1.165) is 0 Å². The van der Waals surface area contributed by atoms with Gasteiger partial charge in [0.1, 0.15) is 0 Å². The van der Waals surface area contributed by atoms with E-state index in [0.29, 0.717) is 22.8 Å². The molecule has 0 bridgehead atoms. The van der Waals surface area contributed by atoms with Gasteiger partial charge in [-0.15, -0.1) is 6.42 Å². The number of methoxy groups -OCH3 is 3. The number of carbonyl (C=O) groups excluding carboxylic acids is 1. The Bertz CT molecular complexity index is 480. The Morgan fingerprint density at radius 3 is 2.11 bits per heavy atom. The van der Waals surface area contributed by atoms with E-state index in [1.165, 1.54) is 21.3 Å². The van der Waals surface area contributed by atoms with Crippen molar-refractivity contribution in [2.24, 2.45) is 0 Å². The summed E-state index contributed by atoms with van der Waals surface area (Å²) in [4.78, 5) is 12.0. The quantitative estimate of drug-likeness (QED) is 0.817. The fourth-order valence-electron chi connectivity index (χ4n) is 1.53. The predicted octanol–water partition coefficient (Wildman–Crippen LogP) is 1.46. The van der Waals surface area contributed by atoms with Gasteiger partial charge >= 0.3 is 0 Å². The molecule has 1 amide bonds. The van der Waals surface area contributed by atoms with Crippen LogP contribution in [0, 0.1) is 12.3 Å². The van der Waals surface area contributed by atoms with Crippen molar-refractivity contribution in [3.63, 3.8) is 0 Å². The van der Waals surface area contributed by atoms with Gasteiger partial charge in [0.15, 0.2) is 11.5 Å². The van der Waals surface area contributed by atoms with Crippen molar-refractivity contribution in [2.75, 3.05) is 21.3 Å². The number of hydrogen-bond acceptors (Lipinski definition) is 4. The first kappa shape index (κ1) is 14.7. The van der Waals surface area contributed by atoms with Gasteiger partial charge in [0.05, 0.1) is 27.4 Å². The normalized spacial score (nSPS) is 11.1. The summed E-state index contributed by atoms with van der Waals surface area (Å²) in [6.45, 7) is 1.72. The van der Waals surface area contributed by atoms with Gasteiger partial charge in [0.25, 0.3) is 5.91 Å². The molecule has 1 rings (SSSR count).